The molecule has 0 aliphatic carbocycles. The molecule has 0 saturated heterocycles. The fraction of sp³-hybridized carbons (Fsp3) is 0.717. The molecule has 10 heteroatoms. The highest BCUT2D eigenvalue weighted by Crippen LogP contribution is 2.43. The highest BCUT2D eigenvalue weighted by atomic mass is 31.2. The van der Waals surface area contributed by atoms with Crippen molar-refractivity contribution in [1.29, 1.82) is 0 Å². The lowest BCUT2D eigenvalue weighted by atomic mass is 10.1. The number of phosphoric ester groups is 1. The van der Waals surface area contributed by atoms with Gasteiger partial charge in [0.25, 0.3) is 0 Å². The number of unbranched alkanes of at least 4 members (excludes halogenated alkanes) is 13. The zero-order chi connectivity index (χ0) is 41.4. The monoisotopic (exact) mass is 809 g/mol. The Bertz CT molecular complexity index is 1140. The number of likely N-dealkylation sites (N-methyl/N-ethyl adjacent to an activating group) is 1. The summed E-state index contributed by atoms with van der Waals surface area (Å²) in [5.74, 6) is -0.346. The lowest BCUT2D eigenvalue weighted by Crippen LogP contribution is -2.37. The number of nitrogens with zero attached hydrogens (tertiary/aromatic N) is 1. The van der Waals surface area contributed by atoms with Gasteiger partial charge in [-0.3, -0.25) is 13.8 Å². The van der Waals surface area contributed by atoms with Crippen molar-refractivity contribution < 1.29 is 42.4 Å². The van der Waals surface area contributed by atoms with Gasteiger partial charge < -0.3 is 24.0 Å². The van der Waals surface area contributed by atoms with Crippen LogP contribution in [0.3, 0.4) is 0 Å². The number of phosphoric acid groups is 1. The van der Waals surface area contributed by atoms with Crippen LogP contribution in [-0.2, 0) is 27.9 Å². The molecule has 0 heterocycles. The Balaban J connectivity index is 4.42. The molecule has 0 bridgehead atoms. The van der Waals surface area contributed by atoms with Crippen molar-refractivity contribution in [1.82, 2.24) is 0 Å². The summed E-state index contributed by atoms with van der Waals surface area (Å²) >= 11 is 0. The van der Waals surface area contributed by atoms with Crippen LogP contribution in [0.4, 0.5) is 0 Å². The molecule has 1 unspecified atom stereocenters. The Morgan fingerprint density at radius 1 is 0.643 bits per heavy atom. The van der Waals surface area contributed by atoms with Crippen LogP contribution in [0.5, 0.6) is 0 Å². The number of aliphatic hydroxyl groups excluding tert-OH is 1. The fourth-order valence-corrected chi connectivity index (χ4v) is 6.11. The number of ether oxygens (including phenoxy) is 2. The van der Waals surface area contributed by atoms with E-state index in [1.165, 1.54) is 57.8 Å². The maximum Gasteiger partial charge on any atom is 0.472 e. The zero-order valence-electron chi connectivity index (χ0n) is 36.2. The third kappa shape index (κ3) is 42.9. The van der Waals surface area contributed by atoms with Crippen molar-refractivity contribution in [2.24, 2.45) is 0 Å². The van der Waals surface area contributed by atoms with Gasteiger partial charge in [0.2, 0.25) is 0 Å². The Hall–Kier alpha value is -2.26. The minimum absolute atomic E-state index is 0.0705. The van der Waals surface area contributed by atoms with Crippen LogP contribution in [0.15, 0.2) is 73.1 Å². The molecule has 0 saturated carbocycles. The fourth-order valence-electron chi connectivity index (χ4n) is 5.36. The van der Waals surface area contributed by atoms with Gasteiger partial charge >= 0.3 is 13.8 Å². The van der Waals surface area contributed by atoms with Gasteiger partial charge in [-0.05, 0) is 103 Å². The maximum absolute atomic E-state index is 12.5. The highest BCUT2D eigenvalue weighted by Gasteiger charge is 2.25. The first-order valence-corrected chi connectivity index (χ1v) is 23.3. The van der Waals surface area contributed by atoms with Gasteiger partial charge in [0.15, 0.2) is 6.10 Å². The second-order valence-corrected chi connectivity index (χ2v) is 17.2. The summed E-state index contributed by atoms with van der Waals surface area (Å²) in [7, 11) is 1.61. The number of aliphatic hydroxyl groups is 1. The van der Waals surface area contributed by atoms with Gasteiger partial charge in [0.1, 0.15) is 19.8 Å². The first-order chi connectivity index (χ1) is 26.9. The topological polar surface area (TPSA) is 112 Å². The summed E-state index contributed by atoms with van der Waals surface area (Å²) < 4.78 is 34.7. The Morgan fingerprint density at radius 2 is 1.12 bits per heavy atom. The molecule has 324 valence electrons. The third-order valence-electron chi connectivity index (χ3n) is 8.85. The normalized spacial score (nSPS) is 15.0. The van der Waals surface area contributed by atoms with E-state index in [0.29, 0.717) is 17.4 Å². The van der Waals surface area contributed by atoms with Crippen LogP contribution in [0.2, 0.25) is 0 Å². The first kappa shape index (κ1) is 53.7. The SMILES string of the molecule is CCCCCCCC/C=C\CCCCCC/C=C/O[C@H](COC(=O)CCC/C=C\C/C=C\C/C=C\C/C=C\CCC[C@@H](C)O)COP(=O)(O)OCC[N+](C)(C)C. The highest BCUT2D eigenvalue weighted by molar-refractivity contribution is 7.47. The summed E-state index contributed by atoms with van der Waals surface area (Å²) in [6, 6.07) is 0. The summed E-state index contributed by atoms with van der Waals surface area (Å²) in [5.41, 5.74) is 0. The molecule has 0 aromatic rings. The number of allylic oxidation sites excluding steroid dienone is 11. The average molecular weight is 809 g/mol. The van der Waals surface area contributed by atoms with E-state index in [-0.39, 0.29) is 38.3 Å². The van der Waals surface area contributed by atoms with Crippen LogP contribution in [-0.4, -0.2) is 80.2 Å². The van der Waals surface area contributed by atoms with Crippen molar-refractivity contribution in [2.45, 2.75) is 167 Å². The molecule has 0 aromatic carbocycles. The molecule has 0 aromatic heterocycles. The Morgan fingerprint density at radius 3 is 1.68 bits per heavy atom. The molecule has 56 heavy (non-hydrogen) atoms. The number of hydrogen-bond acceptors (Lipinski definition) is 7. The maximum atomic E-state index is 12.5. The number of hydrogen-bond donors (Lipinski definition) is 2. The predicted octanol–water partition coefficient (Wildman–Crippen LogP) is 12.0. The van der Waals surface area contributed by atoms with Crippen LogP contribution in [0.25, 0.3) is 0 Å². The number of rotatable bonds is 39. The predicted molar refractivity (Wildman–Crippen MR) is 234 cm³/mol. The second kappa shape index (κ2) is 38.3. The van der Waals surface area contributed by atoms with Gasteiger partial charge in [0.05, 0.1) is 40.1 Å². The van der Waals surface area contributed by atoms with Crippen molar-refractivity contribution in [3.63, 3.8) is 0 Å². The average Bonchev–Trinajstić information content (AvgIpc) is 3.14. The van der Waals surface area contributed by atoms with Gasteiger partial charge in [-0.2, -0.15) is 0 Å². The van der Waals surface area contributed by atoms with Crippen molar-refractivity contribution in [2.75, 3.05) is 47.5 Å². The molecule has 0 rings (SSSR count). The molecule has 0 aliphatic rings. The van der Waals surface area contributed by atoms with Gasteiger partial charge in [-0.1, -0.05) is 113 Å². The van der Waals surface area contributed by atoms with E-state index in [1.54, 1.807) is 6.26 Å². The smallest absolute Gasteiger partial charge is 0.472 e. The lowest BCUT2D eigenvalue weighted by molar-refractivity contribution is -0.870. The van der Waals surface area contributed by atoms with Gasteiger partial charge in [-0.15, -0.1) is 0 Å². The molecule has 2 N–H and O–H groups in total. The van der Waals surface area contributed by atoms with E-state index in [9.17, 15) is 19.4 Å². The van der Waals surface area contributed by atoms with E-state index in [1.807, 2.05) is 34.1 Å². The van der Waals surface area contributed by atoms with Crippen LogP contribution < -0.4 is 0 Å². The number of esters is 1. The quantitative estimate of drug-likeness (QED) is 0.0158. The summed E-state index contributed by atoms with van der Waals surface area (Å²) in [4.78, 5) is 22.6. The van der Waals surface area contributed by atoms with E-state index >= 15 is 0 Å². The third-order valence-corrected chi connectivity index (χ3v) is 9.83. The van der Waals surface area contributed by atoms with E-state index < -0.39 is 13.9 Å². The van der Waals surface area contributed by atoms with Crippen molar-refractivity contribution in [3.05, 3.63) is 73.1 Å². The van der Waals surface area contributed by atoms with Crippen LogP contribution in [0, 0.1) is 0 Å². The van der Waals surface area contributed by atoms with E-state index in [4.69, 9.17) is 18.5 Å². The number of quaternary nitrogens is 1. The summed E-state index contributed by atoms with van der Waals surface area (Å²) in [6.45, 7) is 4.35. The van der Waals surface area contributed by atoms with Crippen LogP contribution >= 0.6 is 7.82 Å². The molecular formula is C46H83NO8P+. The first-order valence-electron chi connectivity index (χ1n) is 21.8. The lowest BCUT2D eigenvalue weighted by Gasteiger charge is -2.24. The minimum Gasteiger partial charge on any atom is -0.492 e. The largest absolute Gasteiger partial charge is 0.492 e. The Kier molecular flexibility index (Phi) is 36.7. The van der Waals surface area contributed by atoms with E-state index in [0.717, 1.165) is 70.6 Å². The molecular weight excluding hydrogens is 725 g/mol. The summed E-state index contributed by atoms with van der Waals surface area (Å²) in [6.07, 6.45) is 47.5. The zero-order valence-corrected chi connectivity index (χ0v) is 37.1. The van der Waals surface area contributed by atoms with E-state index in [2.05, 4.69) is 67.7 Å². The molecule has 0 spiro atoms. The molecule has 3 atom stereocenters. The van der Waals surface area contributed by atoms with Crippen molar-refractivity contribution >= 4 is 13.8 Å². The molecule has 0 fully saturated rings. The van der Waals surface area contributed by atoms with Crippen molar-refractivity contribution in [3.8, 4) is 0 Å². The molecule has 0 amide bonds. The molecule has 0 aliphatic heterocycles. The van der Waals surface area contributed by atoms with Gasteiger partial charge in [0, 0.05) is 6.42 Å². The van der Waals surface area contributed by atoms with Crippen LogP contribution in [0.1, 0.15) is 155 Å². The molecule has 9 nitrogen and oxygen atoms in total. The minimum atomic E-state index is -4.29. The standard InChI is InChI=1S/C46H82NO8P/c1-6-7-8-9-10-11-12-13-14-18-21-24-27-30-33-36-40-52-45(43-55-56(50,51)54-41-39-47(3,4)5)42-53-46(49)38-35-32-29-26-23-20-17-15-16-19-22-25-28-31-34-37-44(2)48/h13-14,16-17,19-20,25-26,28-29,36,40,44-45,48H,6-12,15,18,21-24,27,30-35,37-39,41-43H2,1-5H3/p+1/b14-13-,19-16-,20-17-,28-25-,29-26-,40-36+/t44-,45-/m1/s1. The number of carbonyl (C=O) groups is 1. The summed E-state index contributed by atoms with van der Waals surface area (Å²) in [5, 5.41) is 9.27. The number of carbonyl (C=O) groups excluding carboxylic acids is 1. The molecule has 0 radical (unpaired) electrons. The Labute approximate surface area is 343 Å². The van der Waals surface area contributed by atoms with Gasteiger partial charge in [-0.25, -0.2) is 4.57 Å². The second-order valence-electron chi connectivity index (χ2n) is 15.7.